The van der Waals surface area contributed by atoms with E-state index in [9.17, 15) is 10.1 Å². The van der Waals surface area contributed by atoms with Crippen LogP contribution in [-0.2, 0) is 4.79 Å². The number of rotatable bonds is 4. The van der Waals surface area contributed by atoms with E-state index >= 15 is 0 Å². The number of piperazine rings is 1. The summed E-state index contributed by atoms with van der Waals surface area (Å²) in [7, 11) is 1.65. The van der Waals surface area contributed by atoms with Gasteiger partial charge in [-0.2, -0.15) is 5.26 Å². The summed E-state index contributed by atoms with van der Waals surface area (Å²) in [6, 6.07) is 13.8. The molecule has 0 unspecified atom stereocenters. The molecule has 0 saturated carbocycles. The molecule has 1 aromatic carbocycles. The highest BCUT2D eigenvalue weighted by Crippen LogP contribution is 2.21. The Bertz CT molecular complexity index is 783. The van der Waals surface area contributed by atoms with Crippen LogP contribution in [0.15, 0.2) is 47.4 Å². The molecular weight excluding hydrogens is 334 g/mol. The Kier molecular flexibility index (Phi) is 5.36. The van der Waals surface area contributed by atoms with Gasteiger partial charge in [0.25, 0.3) is 5.91 Å². The lowest BCUT2D eigenvalue weighted by atomic mass is 10.2. The van der Waals surface area contributed by atoms with Crippen molar-refractivity contribution in [1.82, 2.24) is 4.90 Å². The zero-order chi connectivity index (χ0) is 17.6. The molecule has 0 spiro atoms. The maximum absolute atomic E-state index is 12.6. The summed E-state index contributed by atoms with van der Waals surface area (Å²) in [6.07, 6.45) is 1.67. The maximum atomic E-state index is 12.6. The molecule has 1 aromatic heterocycles. The van der Waals surface area contributed by atoms with Gasteiger partial charge in [0.1, 0.15) is 17.4 Å². The van der Waals surface area contributed by atoms with Crippen molar-refractivity contribution in [3.8, 4) is 11.8 Å². The zero-order valence-electron chi connectivity index (χ0n) is 14.0. The normalized spacial score (nSPS) is 15.0. The Hall–Kier alpha value is -2.78. The second kappa shape index (κ2) is 7.86. The number of ether oxygens (including phenoxy) is 1. The molecule has 0 N–H and O–H groups in total. The van der Waals surface area contributed by atoms with E-state index in [-0.39, 0.29) is 11.5 Å². The molecule has 1 amide bonds. The maximum Gasteiger partial charge on any atom is 0.264 e. The highest BCUT2D eigenvalue weighted by atomic mass is 32.1. The number of amides is 1. The third kappa shape index (κ3) is 4.01. The van der Waals surface area contributed by atoms with Gasteiger partial charge in [-0.3, -0.25) is 4.79 Å². The van der Waals surface area contributed by atoms with Crippen LogP contribution in [0.5, 0.6) is 5.75 Å². The topological polar surface area (TPSA) is 56.6 Å². The van der Waals surface area contributed by atoms with E-state index in [0.717, 1.165) is 29.4 Å². The fourth-order valence-electron chi connectivity index (χ4n) is 2.79. The minimum Gasteiger partial charge on any atom is -0.497 e. The predicted molar refractivity (Wildman–Crippen MR) is 99.7 cm³/mol. The van der Waals surface area contributed by atoms with E-state index in [2.05, 4.69) is 4.90 Å². The number of hydrogen-bond acceptors (Lipinski definition) is 5. The van der Waals surface area contributed by atoms with Crippen molar-refractivity contribution >= 4 is 29.0 Å². The lowest BCUT2D eigenvalue weighted by Gasteiger charge is -2.36. The van der Waals surface area contributed by atoms with Gasteiger partial charge in [-0.15, -0.1) is 11.3 Å². The smallest absolute Gasteiger partial charge is 0.264 e. The summed E-state index contributed by atoms with van der Waals surface area (Å²) in [6.45, 7) is 2.70. The van der Waals surface area contributed by atoms with Gasteiger partial charge in [0.2, 0.25) is 0 Å². The first kappa shape index (κ1) is 17.1. The molecule has 1 saturated heterocycles. The first-order valence-electron chi connectivity index (χ1n) is 8.05. The van der Waals surface area contributed by atoms with Crippen molar-refractivity contribution < 1.29 is 9.53 Å². The molecule has 3 rings (SSSR count). The Morgan fingerprint density at radius 1 is 1.20 bits per heavy atom. The average molecular weight is 353 g/mol. The number of carbonyl (C=O) groups is 1. The molecule has 0 atom stereocenters. The Balaban J connectivity index is 1.63. The highest BCUT2D eigenvalue weighted by molar-refractivity contribution is 7.10. The first-order valence-corrected chi connectivity index (χ1v) is 8.93. The zero-order valence-corrected chi connectivity index (χ0v) is 14.8. The number of nitriles is 1. The van der Waals surface area contributed by atoms with Gasteiger partial charge in [0.05, 0.1) is 7.11 Å². The number of carbonyl (C=O) groups excluding carboxylic acids is 1. The van der Waals surface area contributed by atoms with Gasteiger partial charge in [0, 0.05) is 36.7 Å². The van der Waals surface area contributed by atoms with Crippen LogP contribution in [0.2, 0.25) is 0 Å². The van der Waals surface area contributed by atoms with E-state index in [4.69, 9.17) is 4.74 Å². The summed E-state index contributed by atoms with van der Waals surface area (Å²) < 4.78 is 5.18. The Morgan fingerprint density at radius 2 is 1.92 bits per heavy atom. The monoisotopic (exact) mass is 353 g/mol. The quantitative estimate of drug-likeness (QED) is 0.626. The van der Waals surface area contributed by atoms with Crippen molar-refractivity contribution in [2.45, 2.75) is 0 Å². The van der Waals surface area contributed by atoms with Gasteiger partial charge in [-0.25, -0.2) is 0 Å². The Morgan fingerprint density at radius 3 is 2.48 bits per heavy atom. The van der Waals surface area contributed by atoms with Crippen molar-refractivity contribution in [1.29, 1.82) is 5.26 Å². The van der Waals surface area contributed by atoms with Gasteiger partial charge in [0.15, 0.2) is 0 Å². The summed E-state index contributed by atoms with van der Waals surface area (Å²) in [5.41, 5.74) is 1.31. The number of hydrogen-bond donors (Lipinski definition) is 0. The second-order valence-electron chi connectivity index (χ2n) is 5.66. The molecule has 1 fully saturated rings. The van der Waals surface area contributed by atoms with E-state index in [0.29, 0.717) is 13.1 Å². The van der Waals surface area contributed by atoms with E-state index in [1.807, 2.05) is 47.8 Å². The molecular formula is C19H19N3O2S. The van der Waals surface area contributed by atoms with Crippen LogP contribution in [0.4, 0.5) is 5.69 Å². The summed E-state index contributed by atoms with van der Waals surface area (Å²) in [4.78, 5) is 17.5. The molecule has 1 aliphatic heterocycles. The summed E-state index contributed by atoms with van der Waals surface area (Å²) >= 11 is 1.51. The lowest BCUT2D eigenvalue weighted by Crippen LogP contribution is -2.49. The van der Waals surface area contributed by atoms with Crippen molar-refractivity contribution in [3.05, 3.63) is 52.2 Å². The lowest BCUT2D eigenvalue weighted by molar-refractivity contribution is -0.126. The third-order valence-corrected chi connectivity index (χ3v) is 5.00. The van der Waals surface area contributed by atoms with Gasteiger partial charge < -0.3 is 14.5 Å². The summed E-state index contributed by atoms with van der Waals surface area (Å²) in [5, 5.41) is 11.3. The molecule has 6 heteroatoms. The van der Waals surface area contributed by atoms with Crippen molar-refractivity contribution in [2.24, 2.45) is 0 Å². The highest BCUT2D eigenvalue weighted by Gasteiger charge is 2.24. The first-order chi connectivity index (χ1) is 12.2. The minimum atomic E-state index is -0.190. The number of anilines is 1. The van der Waals surface area contributed by atoms with Crippen LogP contribution < -0.4 is 9.64 Å². The van der Waals surface area contributed by atoms with Crippen molar-refractivity contribution in [3.63, 3.8) is 0 Å². The molecule has 0 bridgehead atoms. The SMILES string of the molecule is COc1ccc(N2CCN(C(=O)/C(C#N)=C/c3cccs3)CC2)cc1. The van der Waals surface area contributed by atoms with Crippen LogP contribution in [0.1, 0.15) is 4.88 Å². The summed E-state index contributed by atoms with van der Waals surface area (Å²) in [5.74, 6) is 0.639. The Labute approximate surface area is 151 Å². The molecule has 0 radical (unpaired) electrons. The van der Waals surface area contributed by atoms with Crippen LogP contribution in [-0.4, -0.2) is 44.1 Å². The molecule has 2 heterocycles. The largest absolute Gasteiger partial charge is 0.497 e. The van der Waals surface area contributed by atoms with Crippen LogP contribution in [0.25, 0.3) is 6.08 Å². The van der Waals surface area contributed by atoms with Gasteiger partial charge in [-0.05, 0) is 41.8 Å². The average Bonchev–Trinajstić information content (AvgIpc) is 3.19. The van der Waals surface area contributed by atoms with Crippen LogP contribution >= 0.6 is 11.3 Å². The van der Waals surface area contributed by atoms with E-state index < -0.39 is 0 Å². The second-order valence-corrected chi connectivity index (χ2v) is 6.64. The van der Waals surface area contributed by atoms with Crippen LogP contribution in [0, 0.1) is 11.3 Å². The van der Waals surface area contributed by atoms with Crippen LogP contribution in [0.3, 0.4) is 0 Å². The van der Waals surface area contributed by atoms with Gasteiger partial charge in [-0.1, -0.05) is 6.07 Å². The molecule has 0 aliphatic carbocycles. The molecule has 25 heavy (non-hydrogen) atoms. The third-order valence-electron chi connectivity index (χ3n) is 4.19. The van der Waals surface area contributed by atoms with E-state index in [1.165, 1.54) is 11.3 Å². The fraction of sp³-hybridized carbons (Fsp3) is 0.263. The van der Waals surface area contributed by atoms with Gasteiger partial charge >= 0.3 is 0 Å². The fourth-order valence-corrected chi connectivity index (χ4v) is 3.45. The molecule has 128 valence electrons. The van der Waals surface area contributed by atoms with E-state index in [1.54, 1.807) is 18.1 Å². The number of methoxy groups -OCH3 is 1. The predicted octanol–water partition coefficient (Wildman–Crippen LogP) is 3.01. The van der Waals surface area contributed by atoms with Crippen molar-refractivity contribution in [2.75, 3.05) is 38.2 Å². The minimum absolute atomic E-state index is 0.190. The number of nitrogens with zero attached hydrogens (tertiary/aromatic N) is 3. The number of benzene rings is 1. The standard InChI is InChI=1S/C19H19N3O2S/c1-24-17-6-4-16(5-7-17)21-8-10-22(11-9-21)19(23)15(14-20)13-18-3-2-12-25-18/h2-7,12-13H,8-11H2,1H3/b15-13+. The number of thiophene rings is 1. The molecule has 5 nitrogen and oxygen atoms in total. The molecule has 1 aliphatic rings. The molecule has 2 aromatic rings.